The molecule has 3 rings (SSSR count). The standard InChI is InChI=1S/C18H15S.CF4.CH3FO3S.3CH4/c1-4-10-16(11-5-1)19(17-12-6-2-7-13-17)18-14-8-3-9-15-18;2-1(3,4)5;2-1-6(3,4)5;;;/h1-15H;;1H2,(H,3,4,5);3*1H4/q+1;;;;;. The number of halogens is 5. The Labute approximate surface area is 196 Å². The van der Waals surface area contributed by atoms with Crippen LogP contribution >= 0.6 is 0 Å². The number of alkyl halides is 5. The van der Waals surface area contributed by atoms with Gasteiger partial charge >= 0.3 is 6.43 Å². The van der Waals surface area contributed by atoms with Crippen molar-refractivity contribution >= 4 is 21.0 Å². The minimum atomic E-state index is -5.50. The normalized spacial score (nSPS) is 10.0. The smallest absolute Gasteiger partial charge is 0.284 e. The molecule has 0 saturated heterocycles. The molecule has 0 aromatic heterocycles. The van der Waals surface area contributed by atoms with Gasteiger partial charge in [0.25, 0.3) is 10.1 Å². The van der Waals surface area contributed by atoms with Crippen molar-refractivity contribution in [1.29, 1.82) is 0 Å². The Balaban J connectivity index is -0.000000548. The van der Waals surface area contributed by atoms with E-state index in [1.54, 1.807) is 0 Å². The molecule has 0 aliphatic heterocycles. The van der Waals surface area contributed by atoms with Gasteiger partial charge in [0.15, 0.2) is 14.7 Å². The molecule has 186 valence electrons. The Bertz CT molecular complexity index is 854. The second-order valence-corrected chi connectivity index (χ2v) is 8.77. The topological polar surface area (TPSA) is 54.4 Å². The molecular formula is C23H30F5O3S2+. The van der Waals surface area contributed by atoms with E-state index in [1.807, 2.05) is 0 Å². The molecule has 0 aliphatic rings. The van der Waals surface area contributed by atoms with Crippen molar-refractivity contribution in [2.24, 2.45) is 0 Å². The van der Waals surface area contributed by atoms with Crippen LogP contribution in [0.2, 0.25) is 0 Å². The summed E-state index contributed by atoms with van der Waals surface area (Å²) in [7, 11) is -4.34. The summed E-state index contributed by atoms with van der Waals surface area (Å²) in [5, 5.41) is 0. The second kappa shape index (κ2) is 17.1. The highest BCUT2D eigenvalue weighted by Gasteiger charge is 2.27. The van der Waals surface area contributed by atoms with E-state index < -0.39 is 22.6 Å². The molecule has 3 nitrogen and oxygen atoms in total. The van der Waals surface area contributed by atoms with E-state index in [0.29, 0.717) is 0 Å². The van der Waals surface area contributed by atoms with Crippen LogP contribution in [0.3, 0.4) is 0 Å². The van der Waals surface area contributed by atoms with E-state index in [0.717, 1.165) is 0 Å². The molecule has 0 fully saturated rings. The van der Waals surface area contributed by atoms with Crippen LogP contribution in [0.4, 0.5) is 22.0 Å². The number of hydrogen-bond acceptors (Lipinski definition) is 2. The monoisotopic (exact) mass is 513 g/mol. The van der Waals surface area contributed by atoms with Crippen LogP contribution in [0, 0.1) is 0 Å². The third-order valence-corrected chi connectivity index (χ3v) is 5.58. The van der Waals surface area contributed by atoms with Crippen molar-refractivity contribution in [3.63, 3.8) is 0 Å². The van der Waals surface area contributed by atoms with Crippen LogP contribution in [0.15, 0.2) is 106 Å². The average Bonchev–Trinajstić information content (AvgIpc) is 2.69. The minimum absolute atomic E-state index is 0. The number of benzene rings is 3. The van der Waals surface area contributed by atoms with Crippen molar-refractivity contribution in [2.75, 3.05) is 6.01 Å². The largest absolute Gasteiger partial charge is 0.559 e. The van der Waals surface area contributed by atoms with Gasteiger partial charge in [0.1, 0.15) is 0 Å². The van der Waals surface area contributed by atoms with Gasteiger partial charge in [-0.05, 0) is 36.4 Å². The fraction of sp³-hybridized carbons (Fsp3) is 0.217. The molecule has 0 spiro atoms. The molecule has 1 N–H and O–H groups in total. The predicted molar refractivity (Wildman–Crippen MR) is 126 cm³/mol. The van der Waals surface area contributed by atoms with E-state index in [2.05, 4.69) is 91.0 Å². The van der Waals surface area contributed by atoms with Gasteiger partial charge in [0.2, 0.25) is 6.01 Å². The van der Waals surface area contributed by atoms with Crippen molar-refractivity contribution < 1.29 is 34.9 Å². The summed E-state index contributed by atoms with van der Waals surface area (Å²) < 4.78 is 75.2. The van der Waals surface area contributed by atoms with Crippen LogP contribution < -0.4 is 0 Å². The highest BCUT2D eigenvalue weighted by Crippen LogP contribution is 2.30. The Morgan fingerprint density at radius 1 is 0.636 bits per heavy atom. The van der Waals surface area contributed by atoms with Gasteiger partial charge in [-0.3, -0.25) is 4.55 Å². The van der Waals surface area contributed by atoms with E-state index >= 15 is 0 Å². The Morgan fingerprint density at radius 2 is 0.818 bits per heavy atom. The molecule has 0 bridgehead atoms. The maximum absolute atomic E-state index is 10.7. The van der Waals surface area contributed by atoms with E-state index in [-0.39, 0.29) is 33.2 Å². The molecule has 0 unspecified atom stereocenters. The van der Waals surface area contributed by atoms with Gasteiger partial charge < -0.3 is 0 Å². The molecule has 0 amide bonds. The first-order valence-electron chi connectivity index (χ1n) is 8.17. The lowest BCUT2D eigenvalue weighted by Gasteiger charge is -2.07. The van der Waals surface area contributed by atoms with Gasteiger partial charge in [0, 0.05) is 0 Å². The fourth-order valence-corrected chi connectivity index (χ4v) is 4.18. The highest BCUT2D eigenvalue weighted by atomic mass is 32.2. The molecule has 0 radical (unpaired) electrons. The van der Waals surface area contributed by atoms with Crippen LogP contribution in [-0.4, -0.2) is 25.4 Å². The van der Waals surface area contributed by atoms with Crippen molar-refractivity contribution in [3.05, 3.63) is 91.0 Å². The summed E-state index contributed by atoms with van der Waals surface area (Å²) in [6, 6.07) is 30.5. The summed E-state index contributed by atoms with van der Waals surface area (Å²) in [5.74, 6) is 0. The third kappa shape index (κ3) is 16.8. The predicted octanol–water partition coefficient (Wildman–Crippen LogP) is 7.97. The van der Waals surface area contributed by atoms with Crippen molar-refractivity contribution in [3.8, 4) is 0 Å². The van der Waals surface area contributed by atoms with Crippen LogP contribution in [0.1, 0.15) is 22.3 Å². The molecule has 0 saturated carbocycles. The Morgan fingerprint density at radius 3 is 0.970 bits per heavy atom. The van der Waals surface area contributed by atoms with E-state index in [4.69, 9.17) is 4.55 Å². The summed E-state index contributed by atoms with van der Waals surface area (Å²) in [5.41, 5.74) is 0. The molecule has 3 aromatic rings. The Kier molecular flexibility index (Phi) is 18.2. The molecule has 3 aromatic carbocycles. The van der Waals surface area contributed by atoms with Gasteiger partial charge in [0.05, 0.1) is 10.9 Å². The molecule has 0 aliphatic carbocycles. The van der Waals surface area contributed by atoms with Gasteiger partial charge in [-0.15, -0.1) is 17.6 Å². The van der Waals surface area contributed by atoms with Crippen molar-refractivity contribution in [2.45, 2.75) is 43.4 Å². The quantitative estimate of drug-likeness (QED) is 0.219. The van der Waals surface area contributed by atoms with Crippen LogP contribution in [-0.2, 0) is 21.0 Å². The number of rotatable bonds is 4. The third-order valence-electron chi connectivity index (χ3n) is 3.07. The summed E-state index contributed by atoms with van der Waals surface area (Å²) in [4.78, 5) is 4.08. The van der Waals surface area contributed by atoms with E-state index in [9.17, 15) is 30.4 Å². The van der Waals surface area contributed by atoms with E-state index in [1.165, 1.54) is 14.7 Å². The second-order valence-electron chi connectivity index (χ2n) is 5.36. The summed E-state index contributed by atoms with van der Waals surface area (Å²) in [6.07, 6.45) is -5.50. The lowest BCUT2D eigenvalue weighted by Crippen LogP contribution is -2.04. The summed E-state index contributed by atoms with van der Waals surface area (Å²) in [6.45, 7) is 0. The first kappa shape index (κ1) is 35.2. The zero-order chi connectivity index (χ0) is 22.6. The minimum Gasteiger partial charge on any atom is -0.284 e. The molecule has 0 atom stereocenters. The first-order valence-corrected chi connectivity index (χ1v) is 11.0. The first-order chi connectivity index (χ1) is 14.0. The molecular weight excluding hydrogens is 483 g/mol. The van der Waals surface area contributed by atoms with Crippen LogP contribution in [0.5, 0.6) is 0 Å². The zero-order valence-electron chi connectivity index (χ0n) is 15.3. The molecule has 33 heavy (non-hydrogen) atoms. The zero-order valence-corrected chi connectivity index (χ0v) is 17.0. The molecule has 10 heteroatoms. The van der Waals surface area contributed by atoms with Crippen LogP contribution in [0.25, 0.3) is 0 Å². The van der Waals surface area contributed by atoms with Gasteiger partial charge in [-0.25, -0.2) is 4.39 Å². The summed E-state index contributed by atoms with van der Waals surface area (Å²) >= 11 is 0. The molecule has 0 heterocycles. The van der Waals surface area contributed by atoms with Gasteiger partial charge in [-0.1, -0.05) is 76.9 Å². The van der Waals surface area contributed by atoms with Crippen molar-refractivity contribution in [1.82, 2.24) is 0 Å². The van der Waals surface area contributed by atoms with Gasteiger partial charge in [-0.2, -0.15) is 8.42 Å². The lowest BCUT2D eigenvalue weighted by molar-refractivity contribution is -0.237. The highest BCUT2D eigenvalue weighted by molar-refractivity contribution is 7.97. The lowest BCUT2D eigenvalue weighted by atomic mass is 10.4. The number of hydrogen-bond donors (Lipinski definition) is 1. The Hall–Kier alpha value is -2.43. The fourth-order valence-electron chi connectivity index (χ4n) is 2.08. The maximum atomic E-state index is 10.7. The maximum Gasteiger partial charge on any atom is 0.559 e. The SMILES string of the molecule is C.C.C.FC(F)(F)F.O=S(=O)(O)CF.c1ccc([S+](c2ccccc2)c2ccccc2)cc1. The average molecular weight is 514 g/mol.